The predicted molar refractivity (Wildman–Crippen MR) is 115 cm³/mol. The number of rotatable bonds is 5. The Labute approximate surface area is 169 Å². The Hall–Kier alpha value is -0.530. The molecule has 0 aromatic carbocycles. The minimum Gasteiger partial charge on any atom is -0.459 e. The molecule has 27 heavy (non-hydrogen) atoms. The second-order valence-corrected chi connectivity index (χ2v) is 13.4. The van der Waals surface area contributed by atoms with Crippen LogP contribution in [-0.2, 0) is 9.53 Å². The first kappa shape index (κ1) is 22.8. The molecule has 2 fully saturated rings. The van der Waals surface area contributed by atoms with Crippen molar-refractivity contribution >= 4 is 5.97 Å². The number of carbonyl (C=O) groups is 1. The highest BCUT2D eigenvalue weighted by atomic mass is 16.6. The second-order valence-electron chi connectivity index (χ2n) is 13.4. The van der Waals surface area contributed by atoms with Crippen LogP contribution in [0.3, 0.4) is 0 Å². The van der Waals surface area contributed by atoms with Crippen molar-refractivity contribution in [3.8, 4) is 0 Å². The lowest BCUT2D eigenvalue weighted by molar-refractivity contribution is -0.173. The van der Waals surface area contributed by atoms with Gasteiger partial charge in [-0.05, 0) is 74.0 Å². The second kappa shape index (κ2) is 7.06. The van der Waals surface area contributed by atoms with Gasteiger partial charge >= 0.3 is 5.97 Å². The smallest absolute Gasteiger partial charge is 0.313 e. The van der Waals surface area contributed by atoms with E-state index < -0.39 is 0 Å². The molecular weight excluding hydrogens is 332 g/mol. The maximum Gasteiger partial charge on any atom is 0.313 e. The summed E-state index contributed by atoms with van der Waals surface area (Å²) in [5.74, 6) is 1.31. The van der Waals surface area contributed by atoms with Crippen molar-refractivity contribution in [3.05, 3.63) is 0 Å². The van der Waals surface area contributed by atoms with Crippen LogP contribution >= 0.6 is 0 Å². The summed E-state index contributed by atoms with van der Waals surface area (Å²) in [5.41, 5.74) is -0.0737. The summed E-state index contributed by atoms with van der Waals surface area (Å²) < 4.78 is 6.33. The third-order valence-electron chi connectivity index (χ3n) is 7.16. The van der Waals surface area contributed by atoms with Gasteiger partial charge in [-0.25, -0.2) is 0 Å². The van der Waals surface area contributed by atoms with Gasteiger partial charge in [0.2, 0.25) is 0 Å². The molecule has 2 aliphatic carbocycles. The molecule has 0 saturated heterocycles. The summed E-state index contributed by atoms with van der Waals surface area (Å²) in [4.78, 5) is 13.4. The number of ether oxygens (including phenoxy) is 1. The van der Waals surface area contributed by atoms with Gasteiger partial charge in [0.25, 0.3) is 0 Å². The zero-order valence-corrected chi connectivity index (χ0v) is 19.9. The molecule has 0 aliphatic heterocycles. The molecule has 3 atom stereocenters. The quantitative estimate of drug-likeness (QED) is 0.466. The highest BCUT2D eigenvalue weighted by molar-refractivity contribution is 5.82. The highest BCUT2D eigenvalue weighted by Gasteiger charge is 2.68. The van der Waals surface area contributed by atoms with Gasteiger partial charge in [-0.1, -0.05) is 68.2 Å². The fourth-order valence-corrected chi connectivity index (χ4v) is 5.73. The number of hydrogen-bond donors (Lipinski definition) is 0. The van der Waals surface area contributed by atoms with E-state index in [1.165, 1.54) is 32.1 Å². The summed E-state index contributed by atoms with van der Waals surface area (Å²) in [5, 5.41) is 0. The Morgan fingerprint density at radius 2 is 1.52 bits per heavy atom. The van der Waals surface area contributed by atoms with Gasteiger partial charge in [-0.3, -0.25) is 4.79 Å². The standard InChI is InChI=1S/C25H46O2/c1-21(2,3)15-18-12-11-13-19(14-18)24(9,10)27-20(26)25(16-22(4,5)6)17-23(25,7)8/h18-19H,11-17H2,1-10H3. The SMILES string of the molecule is CC(C)(C)CC1CCCC(C(C)(C)OC(=O)C2(CC(C)(C)C)CC2(C)C)C1. The van der Waals surface area contributed by atoms with Gasteiger partial charge in [-0.15, -0.1) is 0 Å². The van der Waals surface area contributed by atoms with Crippen molar-refractivity contribution in [2.45, 2.75) is 120 Å². The Balaban J connectivity index is 2.07. The first-order chi connectivity index (χ1) is 12.0. The van der Waals surface area contributed by atoms with E-state index in [1.54, 1.807) is 0 Å². The molecule has 0 N–H and O–H groups in total. The summed E-state index contributed by atoms with van der Waals surface area (Å²) >= 11 is 0. The maximum atomic E-state index is 13.4. The normalized spacial score (nSPS) is 31.5. The van der Waals surface area contributed by atoms with Gasteiger partial charge in [0.15, 0.2) is 0 Å². The fourth-order valence-electron chi connectivity index (χ4n) is 5.73. The average Bonchev–Trinajstić information content (AvgIpc) is 2.96. The van der Waals surface area contributed by atoms with Crippen LogP contribution in [-0.4, -0.2) is 11.6 Å². The van der Waals surface area contributed by atoms with Crippen molar-refractivity contribution in [1.82, 2.24) is 0 Å². The lowest BCUT2D eigenvalue weighted by atomic mass is 9.69. The molecule has 0 heterocycles. The highest BCUT2D eigenvalue weighted by Crippen LogP contribution is 2.68. The van der Waals surface area contributed by atoms with Crippen LogP contribution in [0.1, 0.15) is 114 Å². The van der Waals surface area contributed by atoms with Crippen LogP contribution in [0.5, 0.6) is 0 Å². The van der Waals surface area contributed by atoms with Crippen LogP contribution in [0.4, 0.5) is 0 Å². The number of esters is 1. The Kier molecular flexibility index (Phi) is 5.95. The molecule has 2 heteroatoms. The van der Waals surface area contributed by atoms with Crippen molar-refractivity contribution in [3.63, 3.8) is 0 Å². The fraction of sp³-hybridized carbons (Fsp3) is 0.960. The first-order valence-electron chi connectivity index (χ1n) is 11.2. The minimum absolute atomic E-state index is 0.0605. The van der Waals surface area contributed by atoms with Crippen LogP contribution in [0.15, 0.2) is 0 Å². The minimum atomic E-state index is -0.364. The van der Waals surface area contributed by atoms with Gasteiger partial charge in [0.1, 0.15) is 5.60 Å². The average molecular weight is 379 g/mol. The topological polar surface area (TPSA) is 26.3 Å². The molecule has 0 bridgehead atoms. The van der Waals surface area contributed by atoms with E-state index in [-0.39, 0.29) is 27.8 Å². The van der Waals surface area contributed by atoms with Gasteiger partial charge in [0, 0.05) is 0 Å². The van der Waals surface area contributed by atoms with Gasteiger partial charge < -0.3 is 4.74 Å². The first-order valence-corrected chi connectivity index (χ1v) is 11.2. The molecule has 0 amide bonds. The molecule has 158 valence electrons. The number of hydrogen-bond acceptors (Lipinski definition) is 2. The van der Waals surface area contributed by atoms with Crippen molar-refractivity contribution in [1.29, 1.82) is 0 Å². The zero-order valence-electron chi connectivity index (χ0n) is 19.9. The van der Waals surface area contributed by atoms with Gasteiger partial charge in [0.05, 0.1) is 5.41 Å². The van der Waals surface area contributed by atoms with Crippen LogP contribution < -0.4 is 0 Å². The van der Waals surface area contributed by atoms with Crippen LogP contribution in [0.2, 0.25) is 0 Å². The molecule has 2 nitrogen and oxygen atoms in total. The van der Waals surface area contributed by atoms with Crippen LogP contribution in [0.25, 0.3) is 0 Å². The van der Waals surface area contributed by atoms with Crippen molar-refractivity contribution < 1.29 is 9.53 Å². The summed E-state index contributed by atoms with van der Waals surface area (Å²) in [6, 6.07) is 0. The third-order valence-corrected chi connectivity index (χ3v) is 7.16. The Morgan fingerprint density at radius 3 is 1.96 bits per heavy atom. The Morgan fingerprint density at radius 1 is 0.963 bits per heavy atom. The lowest BCUT2D eigenvalue weighted by Gasteiger charge is -2.42. The Bertz CT molecular complexity index is 544. The summed E-state index contributed by atoms with van der Waals surface area (Å²) in [7, 11) is 0. The van der Waals surface area contributed by atoms with E-state index in [0.29, 0.717) is 11.3 Å². The van der Waals surface area contributed by atoms with E-state index in [0.717, 1.165) is 18.8 Å². The van der Waals surface area contributed by atoms with E-state index in [2.05, 4.69) is 69.2 Å². The molecule has 0 aromatic rings. The molecule has 0 radical (unpaired) electrons. The van der Waals surface area contributed by atoms with E-state index in [4.69, 9.17) is 4.74 Å². The lowest BCUT2D eigenvalue weighted by Crippen LogP contribution is -2.43. The largest absolute Gasteiger partial charge is 0.459 e. The molecular formula is C25H46O2. The monoisotopic (exact) mass is 378 g/mol. The molecule has 3 unspecified atom stereocenters. The third kappa shape index (κ3) is 5.51. The zero-order chi connectivity index (χ0) is 20.9. The molecule has 0 spiro atoms. The van der Waals surface area contributed by atoms with E-state index in [9.17, 15) is 4.79 Å². The predicted octanol–water partition coefficient (Wildman–Crippen LogP) is 7.40. The van der Waals surface area contributed by atoms with Gasteiger partial charge in [-0.2, -0.15) is 0 Å². The van der Waals surface area contributed by atoms with E-state index >= 15 is 0 Å². The van der Waals surface area contributed by atoms with Crippen LogP contribution in [0, 0.1) is 33.5 Å². The molecule has 0 aromatic heterocycles. The molecule has 2 aliphatic rings. The maximum absolute atomic E-state index is 13.4. The molecule has 2 saturated carbocycles. The van der Waals surface area contributed by atoms with Crippen molar-refractivity contribution in [2.75, 3.05) is 0 Å². The number of carbonyl (C=O) groups excluding carboxylic acids is 1. The van der Waals surface area contributed by atoms with Crippen molar-refractivity contribution in [2.24, 2.45) is 33.5 Å². The summed E-state index contributed by atoms with van der Waals surface area (Å²) in [6.07, 6.45) is 8.14. The summed E-state index contributed by atoms with van der Waals surface area (Å²) in [6.45, 7) is 22.5. The van der Waals surface area contributed by atoms with E-state index in [1.807, 2.05) is 0 Å². The molecule has 2 rings (SSSR count).